The molecule has 4 rings (SSSR count). The fourth-order valence-corrected chi connectivity index (χ4v) is 3.94. The number of benzene rings is 1. The SMILES string of the molecule is O=C(NCC1CCNCC1)c1ccc2c(c1)CCN(C1=CC=C1)CC2. The molecule has 0 aromatic heterocycles. The van der Waals surface area contributed by atoms with Gasteiger partial charge in [0.15, 0.2) is 0 Å². The summed E-state index contributed by atoms with van der Waals surface area (Å²) in [6.07, 6.45) is 10.8. The fraction of sp³-hybridized carbons (Fsp3) is 0.476. The highest BCUT2D eigenvalue weighted by Crippen LogP contribution is 2.22. The van der Waals surface area contributed by atoms with E-state index in [1.54, 1.807) is 0 Å². The highest BCUT2D eigenvalue weighted by atomic mass is 16.1. The quantitative estimate of drug-likeness (QED) is 0.886. The molecule has 2 aliphatic heterocycles. The van der Waals surface area contributed by atoms with Gasteiger partial charge in [0, 0.05) is 30.9 Å². The Morgan fingerprint density at radius 1 is 1.16 bits per heavy atom. The van der Waals surface area contributed by atoms with Crippen molar-refractivity contribution in [2.45, 2.75) is 25.7 Å². The molecule has 1 fully saturated rings. The van der Waals surface area contributed by atoms with Gasteiger partial charge in [-0.3, -0.25) is 4.79 Å². The van der Waals surface area contributed by atoms with Crippen LogP contribution in [0.25, 0.3) is 0 Å². The number of hydrogen-bond donors (Lipinski definition) is 2. The Bertz CT molecular complexity index is 701. The number of allylic oxidation sites excluding steroid dienone is 3. The molecule has 25 heavy (non-hydrogen) atoms. The summed E-state index contributed by atoms with van der Waals surface area (Å²) in [7, 11) is 0. The van der Waals surface area contributed by atoms with E-state index in [4.69, 9.17) is 0 Å². The first kappa shape index (κ1) is 16.4. The van der Waals surface area contributed by atoms with Crippen molar-refractivity contribution in [2.24, 2.45) is 5.92 Å². The highest BCUT2D eigenvalue weighted by Gasteiger charge is 2.18. The van der Waals surface area contributed by atoms with Crippen molar-refractivity contribution in [2.75, 3.05) is 32.7 Å². The van der Waals surface area contributed by atoms with E-state index in [9.17, 15) is 4.79 Å². The third-order valence-corrected chi connectivity index (χ3v) is 5.68. The molecule has 1 saturated heterocycles. The Morgan fingerprint density at radius 3 is 2.64 bits per heavy atom. The number of carbonyl (C=O) groups is 1. The lowest BCUT2D eigenvalue weighted by molar-refractivity contribution is 0.0944. The molecule has 1 aliphatic carbocycles. The van der Waals surface area contributed by atoms with E-state index in [1.807, 2.05) is 6.07 Å². The molecule has 1 aromatic rings. The van der Waals surface area contributed by atoms with E-state index >= 15 is 0 Å². The van der Waals surface area contributed by atoms with E-state index in [-0.39, 0.29) is 5.91 Å². The molecule has 0 unspecified atom stereocenters. The van der Waals surface area contributed by atoms with Gasteiger partial charge in [-0.25, -0.2) is 0 Å². The van der Waals surface area contributed by atoms with Crippen molar-refractivity contribution >= 4 is 5.91 Å². The Morgan fingerprint density at radius 2 is 1.92 bits per heavy atom. The summed E-state index contributed by atoms with van der Waals surface area (Å²) in [5, 5.41) is 6.51. The topological polar surface area (TPSA) is 44.4 Å². The van der Waals surface area contributed by atoms with Crippen molar-refractivity contribution < 1.29 is 4.79 Å². The Kier molecular flexibility index (Phi) is 4.88. The Hall–Kier alpha value is -2.07. The maximum absolute atomic E-state index is 12.5. The molecule has 3 aliphatic rings. The fourth-order valence-electron chi connectivity index (χ4n) is 3.94. The van der Waals surface area contributed by atoms with Crippen LogP contribution in [0, 0.1) is 5.92 Å². The molecule has 0 bridgehead atoms. The van der Waals surface area contributed by atoms with Crippen LogP contribution in [-0.2, 0) is 12.8 Å². The van der Waals surface area contributed by atoms with E-state index < -0.39 is 0 Å². The van der Waals surface area contributed by atoms with Crippen molar-refractivity contribution in [1.29, 1.82) is 0 Å². The first-order valence-electron chi connectivity index (χ1n) is 9.53. The van der Waals surface area contributed by atoms with Gasteiger partial charge >= 0.3 is 0 Å². The van der Waals surface area contributed by atoms with Crippen LogP contribution in [0.15, 0.2) is 42.1 Å². The van der Waals surface area contributed by atoms with Crippen molar-refractivity contribution in [3.63, 3.8) is 0 Å². The minimum absolute atomic E-state index is 0.0760. The molecule has 0 spiro atoms. The number of hydrogen-bond acceptors (Lipinski definition) is 3. The van der Waals surface area contributed by atoms with Crippen molar-refractivity contribution in [1.82, 2.24) is 15.5 Å². The summed E-state index contributed by atoms with van der Waals surface area (Å²) in [6, 6.07) is 6.26. The number of carbonyl (C=O) groups excluding carboxylic acids is 1. The smallest absolute Gasteiger partial charge is 0.251 e. The van der Waals surface area contributed by atoms with E-state index in [1.165, 1.54) is 16.8 Å². The van der Waals surface area contributed by atoms with Gasteiger partial charge in [0.25, 0.3) is 5.91 Å². The second-order valence-electron chi connectivity index (χ2n) is 7.32. The van der Waals surface area contributed by atoms with Gasteiger partial charge in [-0.1, -0.05) is 12.1 Å². The second kappa shape index (κ2) is 7.44. The molecule has 2 N–H and O–H groups in total. The van der Waals surface area contributed by atoms with Gasteiger partial charge in [-0.15, -0.1) is 0 Å². The van der Waals surface area contributed by atoms with E-state index in [2.05, 4.69) is 45.9 Å². The summed E-state index contributed by atoms with van der Waals surface area (Å²) in [6.45, 7) is 5.03. The van der Waals surface area contributed by atoms with Crippen LogP contribution in [-0.4, -0.2) is 43.5 Å². The van der Waals surface area contributed by atoms with Crippen LogP contribution in [0.5, 0.6) is 0 Å². The average Bonchev–Trinajstić information content (AvgIpc) is 2.81. The first-order valence-corrected chi connectivity index (χ1v) is 9.53. The average molecular weight is 337 g/mol. The number of nitrogens with zero attached hydrogens (tertiary/aromatic N) is 1. The third kappa shape index (κ3) is 3.79. The van der Waals surface area contributed by atoms with Crippen molar-refractivity contribution in [3.8, 4) is 0 Å². The Labute approximate surface area is 150 Å². The predicted octanol–water partition coefficient (Wildman–Crippen LogP) is 2.27. The van der Waals surface area contributed by atoms with Crippen molar-refractivity contribution in [3.05, 3.63) is 58.8 Å². The summed E-state index contributed by atoms with van der Waals surface area (Å²) in [5.41, 5.74) is 4.87. The second-order valence-corrected chi connectivity index (χ2v) is 7.32. The van der Waals surface area contributed by atoms with Crippen LogP contribution >= 0.6 is 0 Å². The van der Waals surface area contributed by atoms with Crippen LogP contribution in [0.3, 0.4) is 0 Å². The van der Waals surface area contributed by atoms with Gasteiger partial charge in [0.1, 0.15) is 0 Å². The lowest BCUT2D eigenvalue weighted by Gasteiger charge is -2.26. The van der Waals surface area contributed by atoms with Gasteiger partial charge < -0.3 is 15.5 Å². The molecular formula is C21H27N3O. The molecule has 132 valence electrons. The number of fused-ring (bicyclic) bond motifs is 1. The Balaban J connectivity index is 1.37. The minimum atomic E-state index is 0.0760. The van der Waals surface area contributed by atoms with Crippen LogP contribution in [0.2, 0.25) is 0 Å². The molecule has 0 atom stereocenters. The van der Waals surface area contributed by atoms with Gasteiger partial charge in [-0.2, -0.15) is 0 Å². The standard InChI is InChI=1S/C21H27N3O/c25-21(23-15-16-6-10-22-11-7-16)19-5-4-17-8-12-24(20-2-1-3-20)13-9-18(17)14-19/h1-5,14,16,22H,6-13,15H2,(H,23,25). The number of rotatable bonds is 4. The summed E-state index contributed by atoms with van der Waals surface area (Å²) >= 11 is 0. The first-order chi connectivity index (χ1) is 12.3. The lowest BCUT2D eigenvalue weighted by Crippen LogP contribution is -2.36. The van der Waals surface area contributed by atoms with E-state index in [0.717, 1.165) is 64.0 Å². The summed E-state index contributed by atoms with van der Waals surface area (Å²) in [5.74, 6) is 0.690. The van der Waals surface area contributed by atoms with Gasteiger partial charge in [-0.05, 0) is 80.1 Å². The molecule has 1 amide bonds. The van der Waals surface area contributed by atoms with Crippen LogP contribution in [0.1, 0.15) is 34.3 Å². The molecule has 2 heterocycles. The van der Waals surface area contributed by atoms with Crippen LogP contribution < -0.4 is 10.6 Å². The maximum atomic E-state index is 12.5. The molecule has 1 aromatic carbocycles. The third-order valence-electron chi connectivity index (χ3n) is 5.68. The zero-order valence-corrected chi connectivity index (χ0v) is 14.8. The zero-order valence-electron chi connectivity index (χ0n) is 14.8. The van der Waals surface area contributed by atoms with Crippen LogP contribution in [0.4, 0.5) is 0 Å². The molecule has 4 heteroatoms. The van der Waals surface area contributed by atoms with Gasteiger partial charge in [0.05, 0.1) is 0 Å². The predicted molar refractivity (Wildman–Crippen MR) is 101 cm³/mol. The number of amides is 1. The molecule has 4 nitrogen and oxygen atoms in total. The summed E-state index contributed by atoms with van der Waals surface area (Å²) < 4.78 is 0. The normalized spacial score (nSPS) is 20.3. The summed E-state index contributed by atoms with van der Waals surface area (Å²) in [4.78, 5) is 15.0. The lowest BCUT2D eigenvalue weighted by atomic mass is 9.97. The number of piperidine rings is 1. The zero-order chi connectivity index (χ0) is 17.1. The monoisotopic (exact) mass is 337 g/mol. The van der Waals surface area contributed by atoms with E-state index in [0.29, 0.717) is 5.92 Å². The minimum Gasteiger partial charge on any atom is -0.371 e. The molecule has 0 saturated carbocycles. The molecular weight excluding hydrogens is 310 g/mol. The maximum Gasteiger partial charge on any atom is 0.251 e. The molecule has 0 radical (unpaired) electrons. The van der Waals surface area contributed by atoms with Gasteiger partial charge in [0.2, 0.25) is 0 Å². The highest BCUT2D eigenvalue weighted by molar-refractivity contribution is 5.94. The largest absolute Gasteiger partial charge is 0.371 e. The number of nitrogens with one attached hydrogen (secondary N) is 2.